The molecule has 2 aromatic carbocycles. The van der Waals surface area contributed by atoms with Gasteiger partial charge in [-0.25, -0.2) is 4.39 Å². The maximum Gasteiger partial charge on any atom is 0.253 e. The Morgan fingerprint density at radius 2 is 2.10 bits per heavy atom. The van der Waals surface area contributed by atoms with Gasteiger partial charge in [-0.15, -0.1) is 0 Å². The zero-order valence-corrected chi connectivity index (χ0v) is 15.9. The fraction of sp³-hybridized carbons (Fsp3) is 0.227. The summed E-state index contributed by atoms with van der Waals surface area (Å²) in [6.45, 7) is 2.08. The van der Waals surface area contributed by atoms with Crippen LogP contribution in [0.1, 0.15) is 22.3 Å². The second kappa shape index (κ2) is 8.26. The Hall–Kier alpha value is -3.48. The monoisotopic (exact) mass is 391 g/mol. The first-order chi connectivity index (χ1) is 14.1. The van der Waals surface area contributed by atoms with Gasteiger partial charge in [-0.05, 0) is 54.3 Å². The van der Waals surface area contributed by atoms with Crippen molar-refractivity contribution in [1.29, 1.82) is 5.41 Å². The van der Waals surface area contributed by atoms with Crippen molar-refractivity contribution in [2.24, 2.45) is 5.92 Å². The number of aromatic nitrogens is 2. The van der Waals surface area contributed by atoms with Gasteiger partial charge in [-0.2, -0.15) is 5.10 Å². The van der Waals surface area contributed by atoms with Gasteiger partial charge in [-0.3, -0.25) is 9.89 Å². The van der Waals surface area contributed by atoms with E-state index in [2.05, 4.69) is 15.5 Å². The van der Waals surface area contributed by atoms with Gasteiger partial charge in [0.2, 0.25) is 0 Å². The number of halogens is 1. The third-order valence-corrected chi connectivity index (χ3v) is 5.28. The molecule has 4 rings (SSSR count). The summed E-state index contributed by atoms with van der Waals surface area (Å²) in [5.41, 5.74) is 4.20. The SMILES string of the molecule is N=Cc1cc(-c2cn[nH]c2)ccc1NCC1CCN(C(=O)c2ccc(F)cc2)C1. The summed E-state index contributed by atoms with van der Waals surface area (Å²) >= 11 is 0. The minimum atomic E-state index is -0.342. The van der Waals surface area contributed by atoms with Gasteiger partial charge in [0.1, 0.15) is 5.82 Å². The van der Waals surface area contributed by atoms with Crippen LogP contribution in [0.3, 0.4) is 0 Å². The minimum absolute atomic E-state index is 0.0582. The maximum absolute atomic E-state index is 13.1. The van der Waals surface area contributed by atoms with E-state index >= 15 is 0 Å². The molecule has 1 amide bonds. The Morgan fingerprint density at radius 3 is 2.83 bits per heavy atom. The molecule has 0 aliphatic carbocycles. The lowest BCUT2D eigenvalue weighted by atomic mass is 10.0. The fourth-order valence-corrected chi connectivity index (χ4v) is 3.64. The molecule has 29 heavy (non-hydrogen) atoms. The highest BCUT2D eigenvalue weighted by molar-refractivity contribution is 5.94. The molecule has 0 spiro atoms. The first kappa shape index (κ1) is 18.9. The fourth-order valence-electron chi connectivity index (χ4n) is 3.64. The lowest BCUT2D eigenvalue weighted by Crippen LogP contribution is -2.29. The molecular weight excluding hydrogens is 369 g/mol. The largest absolute Gasteiger partial charge is 0.384 e. The van der Waals surface area contributed by atoms with E-state index in [0.29, 0.717) is 24.6 Å². The number of anilines is 1. The van der Waals surface area contributed by atoms with Crippen molar-refractivity contribution in [1.82, 2.24) is 15.1 Å². The Balaban J connectivity index is 1.37. The molecule has 7 heteroatoms. The van der Waals surface area contributed by atoms with Crippen molar-refractivity contribution >= 4 is 17.8 Å². The summed E-state index contributed by atoms with van der Waals surface area (Å²) in [5.74, 6) is -0.0745. The van der Waals surface area contributed by atoms with Crippen LogP contribution in [0.25, 0.3) is 11.1 Å². The summed E-state index contributed by atoms with van der Waals surface area (Å²) in [6, 6.07) is 11.6. The van der Waals surface area contributed by atoms with Crippen LogP contribution >= 0.6 is 0 Å². The van der Waals surface area contributed by atoms with Crippen molar-refractivity contribution < 1.29 is 9.18 Å². The van der Waals surface area contributed by atoms with Crippen LogP contribution in [0.15, 0.2) is 54.9 Å². The van der Waals surface area contributed by atoms with Gasteiger partial charge in [-0.1, -0.05) is 6.07 Å². The molecular formula is C22H22FN5O. The number of hydrogen-bond donors (Lipinski definition) is 3. The molecule has 3 aromatic rings. The molecule has 3 N–H and O–H groups in total. The molecule has 1 fully saturated rings. The van der Waals surface area contributed by atoms with Crippen molar-refractivity contribution in [2.45, 2.75) is 6.42 Å². The molecule has 2 heterocycles. The average Bonchev–Trinajstić information content (AvgIpc) is 3.44. The maximum atomic E-state index is 13.1. The van der Waals surface area contributed by atoms with Crippen LogP contribution in [0, 0.1) is 17.1 Å². The van der Waals surface area contributed by atoms with Gasteiger partial charge >= 0.3 is 0 Å². The zero-order chi connectivity index (χ0) is 20.2. The van der Waals surface area contributed by atoms with Gasteiger partial charge in [0, 0.05) is 54.4 Å². The number of hydrogen-bond acceptors (Lipinski definition) is 4. The van der Waals surface area contributed by atoms with Crippen LogP contribution in [-0.4, -0.2) is 46.9 Å². The molecule has 1 aromatic heterocycles. The van der Waals surface area contributed by atoms with Gasteiger partial charge in [0.05, 0.1) is 6.20 Å². The number of H-pyrrole nitrogens is 1. The number of likely N-dealkylation sites (tertiary alicyclic amines) is 1. The van der Waals surface area contributed by atoms with E-state index in [1.165, 1.54) is 30.5 Å². The lowest BCUT2D eigenvalue weighted by molar-refractivity contribution is 0.0788. The number of aromatic amines is 1. The first-order valence-electron chi connectivity index (χ1n) is 9.56. The second-order valence-electron chi connectivity index (χ2n) is 7.23. The molecule has 1 atom stereocenters. The number of carbonyl (C=O) groups is 1. The van der Waals surface area contributed by atoms with Crippen molar-refractivity contribution in [2.75, 3.05) is 25.0 Å². The highest BCUT2D eigenvalue weighted by atomic mass is 19.1. The van der Waals surface area contributed by atoms with Crippen LogP contribution in [0.2, 0.25) is 0 Å². The summed E-state index contributed by atoms with van der Waals surface area (Å²) < 4.78 is 13.1. The lowest BCUT2D eigenvalue weighted by Gasteiger charge is -2.18. The topological polar surface area (TPSA) is 84.9 Å². The molecule has 148 valence electrons. The van der Waals surface area contributed by atoms with E-state index in [1.807, 2.05) is 29.3 Å². The number of nitrogens with one attached hydrogen (secondary N) is 3. The zero-order valence-electron chi connectivity index (χ0n) is 15.9. The molecule has 0 radical (unpaired) electrons. The standard InChI is InChI=1S/C22H22FN5O/c23-20-4-1-16(2-5-20)22(29)28-8-7-15(14-28)11-25-21-6-3-17(9-18(21)10-24)19-12-26-27-13-19/h1-6,9-10,12-13,15,24-25H,7-8,11,14H2,(H,26,27). The quantitative estimate of drug-likeness (QED) is 0.559. The van der Waals surface area contributed by atoms with Crippen LogP contribution in [0.4, 0.5) is 10.1 Å². The predicted octanol–water partition coefficient (Wildman–Crippen LogP) is 3.79. The second-order valence-corrected chi connectivity index (χ2v) is 7.23. The van der Waals surface area contributed by atoms with E-state index in [0.717, 1.165) is 35.3 Å². The summed E-state index contributed by atoms with van der Waals surface area (Å²) in [6.07, 6.45) is 5.82. The Labute approximate surface area is 168 Å². The minimum Gasteiger partial charge on any atom is -0.384 e. The van der Waals surface area contributed by atoms with E-state index in [-0.39, 0.29) is 11.7 Å². The van der Waals surface area contributed by atoms with Gasteiger partial charge in [0.15, 0.2) is 0 Å². The van der Waals surface area contributed by atoms with Crippen molar-refractivity contribution in [3.8, 4) is 11.1 Å². The molecule has 6 nitrogen and oxygen atoms in total. The third-order valence-electron chi connectivity index (χ3n) is 5.28. The molecule has 1 aliphatic heterocycles. The Bertz CT molecular complexity index is 1000. The summed E-state index contributed by atoms with van der Waals surface area (Å²) in [4.78, 5) is 14.4. The number of rotatable bonds is 6. The number of carbonyl (C=O) groups excluding carboxylic acids is 1. The molecule has 1 unspecified atom stereocenters. The molecule has 1 saturated heterocycles. The average molecular weight is 391 g/mol. The predicted molar refractivity (Wildman–Crippen MR) is 111 cm³/mol. The van der Waals surface area contributed by atoms with Gasteiger partial charge < -0.3 is 15.6 Å². The summed E-state index contributed by atoms with van der Waals surface area (Å²) in [7, 11) is 0. The van der Waals surface area contributed by atoms with E-state index in [9.17, 15) is 9.18 Å². The van der Waals surface area contributed by atoms with Crippen LogP contribution in [0.5, 0.6) is 0 Å². The van der Waals surface area contributed by atoms with E-state index < -0.39 is 0 Å². The summed E-state index contributed by atoms with van der Waals surface area (Å²) in [5, 5.41) is 17.9. The molecule has 1 aliphatic rings. The highest BCUT2D eigenvalue weighted by Gasteiger charge is 2.27. The highest BCUT2D eigenvalue weighted by Crippen LogP contribution is 2.25. The number of benzene rings is 2. The van der Waals surface area contributed by atoms with Crippen LogP contribution in [-0.2, 0) is 0 Å². The first-order valence-corrected chi connectivity index (χ1v) is 9.56. The van der Waals surface area contributed by atoms with E-state index in [4.69, 9.17) is 5.41 Å². The third kappa shape index (κ3) is 4.18. The Kier molecular flexibility index (Phi) is 5.37. The van der Waals surface area contributed by atoms with Crippen LogP contribution < -0.4 is 5.32 Å². The van der Waals surface area contributed by atoms with Gasteiger partial charge in [0.25, 0.3) is 5.91 Å². The molecule has 0 saturated carbocycles. The smallest absolute Gasteiger partial charge is 0.253 e. The van der Waals surface area contributed by atoms with Crippen molar-refractivity contribution in [3.63, 3.8) is 0 Å². The number of nitrogens with zero attached hydrogens (tertiary/aromatic N) is 2. The normalized spacial score (nSPS) is 16.0. The molecule has 0 bridgehead atoms. The number of amides is 1. The van der Waals surface area contributed by atoms with Crippen molar-refractivity contribution in [3.05, 3.63) is 71.8 Å². The van der Waals surface area contributed by atoms with E-state index in [1.54, 1.807) is 6.20 Å². The Morgan fingerprint density at radius 1 is 1.28 bits per heavy atom.